The van der Waals surface area contributed by atoms with Crippen LogP contribution in [0.3, 0.4) is 0 Å². The molecule has 0 spiro atoms. The normalized spacial score (nSPS) is 22.2. The van der Waals surface area contributed by atoms with Gasteiger partial charge >= 0.3 is 5.97 Å². The highest BCUT2D eigenvalue weighted by molar-refractivity contribution is 8.15. The Morgan fingerprint density at radius 2 is 2.27 bits per heavy atom. The van der Waals surface area contributed by atoms with Crippen LogP contribution >= 0.6 is 23.4 Å². The third kappa shape index (κ3) is 3.31. The maximum absolute atomic E-state index is 12.9. The molecule has 0 aliphatic carbocycles. The van der Waals surface area contributed by atoms with Crippen molar-refractivity contribution in [1.29, 1.82) is 0 Å². The van der Waals surface area contributed by atoms with E-state index in [0.29, 0.717) is 27.9 Å². The average molecular weight is 391 g/mol. The van der Waals surface area contributed by atoms with Crippen molar-refractivity contribution in [3.63, 3.8) is 0 Å². The van der Waals surface area contributed by atoms with Gasteiger partial charge in [-0.05, 0) is 31.0 Å². The molecule has 3 rings (SSSR count). The van der Waals surface area contributed by atoms with Gasteiger partial charge in [0, 0.05) is 5.02 Å². The van der Waals surface area contributed by atoms with E-state index in [4.69, 9.17) is 16.3 Å². The molecule has 26 heavy (non-hydrogen) atoms. The zero-order valence-corrected chi connectivity index (χ0v) is 16.1. The Kier molecular flexibility index (Phi) is 5.53. The SMILES string of the molecule is C=CCOC(=O)C1=C(C)N=C2S[C@@H](CC)C(=O)N2[C@@H]1c1cccc(Cl)c1. The molecule has 0 saturated carbocycles. The topological polar surface area (TPSA) is 59.0 Å². The molecule has 0 N–H and O–H groups in total. The number of fused-ring (bicyclic) bond motifs is 1. The van der Waals surface area contributed by atoms with Crippen LogP contribution in [0.5, 0.6) is 0 Å². The predicted octanol–water partition coefficient (Wildman–Crippen LogP) is 4.11. The van der Waals surface area contributed by atoms with Gasteiger partial charge in [0.05, 0.1) is 22.6 Å². The van der Waals surface area contributed by atoms with Crippen LogP contribution in [0.4, 0.5) is 0 Å². The largest absolute Gasteiger partial charge is 0.458 e. The number of hydrogen-bond donors (Lipinski definition) is 0. The van der Waals surface area contributed by atoms with Crippen molar-refractivity contribution in [1.82, 2.24) is 4.90 Å². The molecule has 1 saturated heterocycles. The molecule has 5 nitrogen and oxygen atoms in total. The lowest BCUT2D eigenvalue weighted by atomic mass is 9.94. The van der Waals surface area contributed by atoms with E-state index < -0.39 is 12.0 Å². The molecular weight excluding hydrogens is 372 g/mol. The zero-order chi connectivity index (χ0) is 18.8. The zero-order valence-electron chi connectivity index (χ0n) is 14.6. The molecule has 0 aromatic heterocycles. The van der Waals surface area contributed by atoms with Gasteiger partial charge in [-0.25, -0.2) is 9.79 Å². The van der Waals surface area contributed by atoms with Crippen molar-refractivity contribution in [3.8, 4) is 0 Å². The number of rotatable bonds is 5. The number of hydrogen-bond acceptors (Lipinski definition) is 5. The van der Waals surface area contributed by atoms with Gasteiger partial charge in [-0.3, -0.25) is 9.69 Å². The quantitative estimate of drug-likeness (QED) is 0.560. The molecule has 2 atom stereocenters. The monoisotopic (exact) mass is 390 g/mol. The van der Waals surface area contributed by atoms with Crippen LogP contribution in [0.2, 0.25) is 5.02 Å². The summed E-state index contributed by atoms with van der Waals surface area (Å²) in [5, 5.41) is 0.950. The number of amidine groups is 1. The smallest absolute Gasteiger partial charge is 0.338 e. The summed E-state index contributed by atoms with van der Waals surface area (Å²) >= 11 is 7.59. The number of benzene rings is 1. The van der Waals surface area contributed by atoms with Crippen LogP contribution in [0.15, 0.2) is 53.2 Å². The van der Waals surface area contributed by atoms with E-state index in [1.807, 2.05) is 13.0 Å². The number of halogens is 1. The van der Waals surface area contributed by atoms with Gasteiger partial charge in [-0.15, -0.1) is 0 Å². The number of carbonyl (C=O) groups is 2. The number of nitrogens with zero attached hydrogens (tertiary/aromatic N) is 2. The maximum atomic E-state index is 12.9. The highest BCUT2D eigenvalue weighted by Gasteiger charge is 2.47. The van der Waals surface area contributed by atoms with Crippen LogP contribution in [0.25, 0.3) is 0 Å². The summed E-state index contributed by atoms with van der Waals surface area (Å²) in [4.78, 5) is 31.7. The minimum Gasteiger partial charge on any atom is -0.458 e. The molecule has 0 unspecified atom stereocenters. The van der Waals surface area contributed by atoms with Crippen molar-refractivity contribution in [3.05, 3.63) is 58.8 Å². The first-order valence-electron chi connectivity index (χ1n) is 8.30. The Balaban J connectivity index is 2.12. The molecule has 2 aliphatic rings. The van der Waals surface area contributed by atoms with Crippen LogP contribution in [-0.4, -0.2) is 33.8 Å². The van der Waals surface area contributed by atoms with E-state index in [1.54, 1.807) is 30.0 Å². The third-order valence-electron chi connectivity index (χ3n) is 4.24. The molecule has 136 valence electrons. The summed E-state index contributed by atoms with van der Waals surface area (Å²) in [5.74, 6) is -0.560. The molecule has 1 fully saturated rings. The molecule has 0 radical (unpaired) electrons. The first-order chi connectivity index (χ1) is 12.5. The first-order valence-corrected chi connectivity index (χ1v) is 9.56. The summed E-state index contributed by atoms with van der Waals surface area (Å²) < 4.78 is 5.26. The molecule has 1 aromatic carbocycles. The fourth-order valence-electron chi connectivity index (χ4n) is 3.05. The number of ether oxygens (including phenoxy) is 1. The predicted molar refractivity (Wildman–Crippen MR) is 104 cm³/mol. The Morgan fingerprint density at radius 1 is 1.50 bits per heavy atom. The minimum absolute atomic E-state index is 0.0530. The maximum Gasteiger partial charge on any atom is 0.338 e. The minimum atomic E-state index is -0.602. The van der Waals surface area contributed by atoms with E-state index in [0.717, 1.165) is 5.56 Å². The van der Waals surface area contributed by atoms with Gasteiger partial charge in [0.25, 0.3) is 0 Å². The van der Waals surface area contributed by atoms with Gasteiger partial charge in [0.15, 0.2) is 5.17 Å². The van der Waals surface area contributed by atoms with E-state index in [1.165, 1.54) is 17.8 Å². The highest BCUT2D eigenvalue weighted by atomic mass is 35.5. The lowest BCUT2D eigenvalue weighted by molar-refractivity contribution is -0.139. The molecular formula is C19H19ClN2O3S. The van der Waals surface area contributed by atoms with Gasteiger partial charge in [-0.1, -0.05) is 55.1 Å². The second kappa shape index (κ2) is 7.68. The average Bonchev–Trinajstić information content (AvgIpc) is 2.93. The van der Waals surface area contributed by atoms with Crippen molar-refractivity contribution in [2.24, 2.45) is 4.99 Å². The van der Waals surface area contributed by atoms with Crippen molar-refractivity contribution < 1.29 is 14.3 Å². The summed E-state index contributed by atoms with van der Waals surface area (Å²) in [5.41, 5.74) is 1.65. The Bertz CT molecular complexity index is 834. The van der Waals surface area contributed by atoms with Crippen LogP contribution in [0, 0.1) is 0 Å². The number of esters is 1. The standard InChI is InChI=1S/C19H19ClN2O3S/c1-4-9-25-18(24)15-11(3)21-19-22(17(23)14(5-2)26-19)16(15)12-7-6-8-13(20)10-12/h4,6-8,10,14,16H,1,5,9H2,2-3H3/t14-,16+/m0/s1. The molecule has 2 heterocycles. The van der Waals surface area contributed by atoms with Crippen molar-refractivity contribution in [2.75, 3.05) is 6.61 Å². The van der Waals surface area contributed by atoms with E-state index in [9.17, 15) is 9.59 Å². The number of carbonyl (C=O) groups excluding carboxylic acids is 2. The lowest BCUT2D eigenvalue weighted by Crippen LogP contribution is -2.40. The van der Waals surface area contributed by atoms with Gasteiger partial charge in [0.1, 0.15) is 6.61 Å². The number of allylic oxidation sites excluding steroid dienone is 1. The fraction of sp³-hybridized carbons (Fsp3) is 0.316. The second-order valence-electron chi connectivity index (χ2n) is 5.96. The van der Waals surface area contributed by atoms with Crippen molar-refractivity contribution >= 4 is 40.4 Å². The van der Waals surface area contributed by atoms with Crippen molar-refractivity contribution in [2.45, 2.75) is 31.6 Å². The number of aliphatic imine (C=N–C) groups is 1. The Labute approximate surface area is 161 Å². The number of thioether (sulfide) groups is 1. The van der Waals surface area contributed by atoms with Gasteiger partial charge in [0.2, 0.25) is 5.91 Å². The number of amides is 1. The Morgan fingerprint density at radius 3 is 2.92 bits per heavy atom. The van der Waals surface area contributed by atoms with Crippen LogP contribution in [0.1, 0.15) is 31.9 Å². The summed E-state index contributed by atoms with van der Waals surface area (Å²) in [6.45, 7) is 7.38. The lowest BCUT2D eigenvalue weighted by Gasteiger charge is -2.33. The van der Waals surface area contributed by atoms with E-state index >= 15 is 0 Å². The van der Waals surface area contributed by atoms with Gasteiger partial charge < -0.3 is 4.74 Å². The summed E-state index contributed by atoms with van der Waals surface area (Å²) in [6, 6.07) is 6.57. The molecule has 7 heteroatoms. The Hall–Kier alpha value is -2.05. The first kappa shape index (κ1) is 18.7. The molecule has 1 amide bonds. The fourth-order valence-corrected chi connectivity index (χ4v) is 4.39. The molecule has 1 aromatic rings. The second-order valence-corrected chi connectivity index (χ2v) is 7.57. The summed E-state index contributed by atoms with van der Waals surface area (Å²) in [6.07, 6.45) is 2.19. The third-order valence-corrected chi connectivity index (χ3v) is 5.79. The highest BCUT2D eigenvalue weighted by Crippen LogP contribution is 2.44. The van der Waals surface area contributed by atoms with E-state index in [2.05, 4.69) is 11.6 Å². The molecule has 0 bridgehead atoms. The van der Waals surface area contributed by atoms with Crippen LogP contribution in [-0.2, 0) is 14.3 Å². The molecule has 2 aliphatic heterocycles. The van der Waals surface area contributed by atoms with E-state index in [-0.39, 0.29) is 17.8 Å². The van der Waals surface area contributed by atoms with Crippen LogP contribution < -0.4 is 0 Å². The van der Waals surface area contributed by atoms with Gasteiger partial charge in [-0.2, -0.15) is 0 Å². The summed E-state index contributed by atoms with van der Waals surface area (Å²) in [7, 11) is 0.